The summed E-state index contributed by atoms with van der Waals surface area (Å²) < 4.78 is 38.6. The molecule has 3 N–H and O–H groups in total. The molecule has 6 nitrogen and oxygen atoms in total. The molecule has 0 bridgehead atoms. The summed E-state index contributed by atoms with van der Waals surface area (Å²) >= 11 is 1.56. The van der Waals surface area contributed by atoms with Crippen LogP contribution in [0, 0.1) is 6.92 Å². The third-order valence-electron chi connectivity index (χ3n) is 3.62. The van der Waals surface area contributed by atoms with Crippen molar-refractivity contribution in [2.45, 2.75) is 13.1 Å². The minimum Gasteiger partial charge on any atom is -0.360 e. The molecule has 4 rings (SSSR count). The number of nitrogens with zero attached hydrogens (tertiary/aromatic N) is 3. The lowest BCUT2D eigenvalue weighted by atomic mass is 10.3. The lowest BCUT2D eigenvalue weighted by molar-refractivity contribution is -0.115. The fourth-order valence-electron chi connectivity index (χ4n) is 2.56. The van der Waals surface area contributed by atoms with Gasteiger partial charge in [-0.15, -0.1) is 11.3 Å². The summed E-state index contributed by atoms with van der Waals surface area (Å²) in [7, 11) is 0. The summed E-state index contributed by atoms with van der Waals surface area (Å²) in [5, 5.41) is 6.82. The molecule has 0 fully saturated rings. The summed E-state index contributed by atoms with van der Waals surface area (Å²) in [6.07, 6.45) is -2.73. The minimum atomic E-state index is -4.34. The van der Waals surface area contributed by atoms with Gasteiger partial charge in [-0.1, -0.05) is 0 Å². The minimum absolute atomic E-state index is 0.116. The van der Waals surface area contributed by atoms with Crippen LogP contribution in [0.4, 0.5) is 30.6 Å². The van der Waals surface area contributed by atoms with E-state index in [1.807, 2.05) is 25.1 Å². The number of aromatic amines is 1. The van der Waals surface area contributed by atoms with Crippen molar-refractivity contribution in [2.75, 3.05) is 17.2 Å². The highest BCUT2D eigenvalue weighted by atomic mass is 32.1. The number of aryl methyl sites for hydroxylation is 1. The average Bonchev–Trinajstić information content (AvgIpc) is 3.16. The molecule has 1 aromatic carbocycles. The van der Waals surface area contributed by atoms with Crippen LogP contribution < -0.4 is 10.6 Å². The molecule has 0 saturated carbocycles. The topological polar surface area (TPSA) is 78.5 Å². The number of aromatic nitrogens is 4. The molecule has 26 heavy (non-hydrogen) atoms. The predicted molar refractivity (Wildman–Crippen MR) is 96.1 cm³/mol. The fraction of sp³-hybridized carbons (Fsp3) is 0.188. The fourth-order valence-corrected chi connectivity index (χ4v) is 3.43. The number of thiazole rings is 1. The van der Waals surface area contributed by atoms with Crippen molar-refractivity contribution in [3.8, 4) is 0 Å². The maximum Gasteiger partial charge on any atom is 0.405 e. The highest BCUT2D eigenvalue weighted by Gasteiger charge is 2.27. The first-order chi connectivity index (χ1) is 12.4. The molecular weight excluding hydrogens is 365 g/mol. The number of alkyl halides is 3. The van der Waals surface area contributed by atoms with E-state index in [-0.39, 0.29) is 11.8 Å². The van der Waals surface area contributed by atoms with Crippen molar-refractivity contribution < 1.29 is 13.2 Å². The Morgan fingerprint density at radius 2 is 2.00 bits per heavy atom. The van der Waals surface area contributed by atoms with Crippen LogP contribution in [0.2, 0.25) is 0 Å². The highest BCUT2D eigenvalue weighted by Crippen LogP contribution is 2.28. The summed E-state index contributed by atoms with van der Waals surface area (Å²) in [6.45, 7) is 0.758. The number of halogens is 3. The zero-order chi connectivity index (χ0) is 18.3. The van der Waals surface area contributed by atoms with Gasteiger partial charge in [0, 0.05) is 11.9 Å². The van der Waals surface area contributed by atoms with E-state index in [0.717, 1.165) is 20.9 Å². The van der Waals surface area contributed by atoms with E-state index in [9.17, 15) is 13.2 Å². The first-order valence-corrected chi connectivity index (χ1v) is 8.49. The average molecular weight is 378 g/mol. The third kappa shape index (κ3) is 3.40. The van der Waals surface area contributed by atoms with Crippen molar-refractivity contribution in [3.05, 3.63) is 35.5 Å². The van der Waals surface area contributed by atoms with Gasteiger partial charge < -0.3 is 15.6 Å². The van der Waals surface area contributed by atoms with Crippen LogP contribution in [-0.4, -0.2) is 32.7 Å². The van der Waals surface area contributed by atoms with Crippen molar-refractivity contribution in [1.82, 2.24) is 19.9 Å². The Labute approximate surface area is 149 Å². The largest absolute Gasteiger partial charge is 0.405 e. The van der Waals surface area contributed by atoms with Crippen LogP contribution in [0.1, 0.15) is 5.01 Å². The molecule has 0 atom stereocenters. The number of hydrogen-bond acceptors (Lipinski definition) is 6. The molecule has 10 heteroatoms. The molecule has 3 aromatic heterocycles. The van der Waals surface area contributed by atoms with Gasteiger partial charge in [0.05, 0.1) is 20.6 Å². The molecule has 0 amide bonds. The Morgan fingerprint density at radius 1 is 1.15 bits per heavy atom. The van der Waals surface area contributed by atoms with E-state index in [4.69, 9.17) is 0 Å². The van der Waals surface area contributed by atoms with Crippen molar-refractivity contribution in [3.63, 3.8) is 0 Å². The van der Waals surface area contributed by atoms with Gasteiger partial charge in [0.1, 0.15) is 18.0 Å². The van der Waals surface area contributed by atoms with Crippen molar-refractivity contribution in [1.29, 1.82) is 0 Å². The van der Waals surface area contributed by atoms with Gasteiger partial charge in [-0.3, -0.25) is 0 Å². The number of fused-ring (bicyclic) bond motifs is 2. The van der Waals surface area contributed by atoms with Crippen LogP contribution in [0.5, 0.6) is 0 Å². The van der Waals surface area contributed by atoms with E-state index in [2.05, 4.69) is 30.6 Å². The molecule has 0 unspecified atom stereocenters. The summed E-state index contributed by atoms with van der Waals surface area (Å²) in [5.74, 6) is 0.316. The monoisotopic (exact) mass is 378 g/mol. The van der Waals surface area contributed by atoms with E-state index >= 15 is 0 Å². The first kappa shape index (κ1) is 16.6. The lowest BCUT2D eigenvalue weighted by Crippen LogP contribution is -2.22. The highest BCUT2D eigenvalue weighted by molar-refractivity contribution is 7.18. The SMILES string of the molecule is Cc1nc2ccc(Nc3nc(NCC(F)(F)F)c4cc[nH]c4n3)cc2s1. The standard InChI is InChI=1S/C16H13F3N6S/c1-8-22-11-3-2-9(6-12(11)26-8)23-15-24-13-10(4-5-20-13)14(25-15)21-7-16(17,18)19/h2-6H,7H2,1H3,(H3,20,21,23,24,25). The van der Waals surface area contributed by atoms with E-state index in [0.29, 0.717) is 11.0 Å². The van der Waals surface area contributed by atoms with Gasteiger partial charge in [-0.05, 0) is 31.2 Å². The first-order valence-electron chi connectivity index (χ1n) is 7.67. The molecule has 0 aliphatic heterocycles. The maximum atomic E-state index is 12.5. The Hall–Kier alpha value is -2.88. The third-order valence-corrected chi connectivity index (χ3v) is 4.56. The zero-order valence-corrected chi connectivity index (χ0v) is 14.3. The lowest BCUT2D eigenvalue weighted by Gasteiger charge is -2.11. The van der Waals surface area contributed by atoms with Crippen LogP contribution in [-0.2, 0) is 0 Å². The van der Waals surface area contributed by atoms with Crippen LogP contribution in [0.25, 0.3) is 21.3 Å². The van der Waals surface area contributed by atoms with E-state index in [1.165, 1.54) is 0 Å². The number of nitrogens with one attached hydrogen (secondary N) is 3. The Kier molecular flexibility index (Phi) is 3.91. The van der Waals surface area contributed by atoms with Crippen LogP contribution >= 0.6 is 11.3 Å². The molecule has 3 heterocycles. The predicted octanol–water partition coefficient (Wildman–Crippen LogP) is 4.59. The van der Waals surface area contributed by atoms with Crippen molar-refractivity contribution in [2.24, 2.45) is 0 Å². The van der Waals surface area contributed by atoms with Crippen LogP contribution in [0.3, 0.4) is 0 Å². The number of benzene rings is 1. The summed E-state index contributed by atoms with van der Waals surface area (Å²) in [5.41, 5.74) is 2.07. The Morgan fingerprint density at radius 3 is 2.81 bits per heavy atom. The van der Waals surface area contributed by atoms with E-state index in [1.54, 1.807) is 23.6 Å². The molecule has 134 valence electrons. The molecule has 0 saturated heterocycles. The number of anilines is 3. The normalized spacial score (nSPS) is 12.0. The molecule has 0 aliphatic rings. The molecule has 0 radical (unpaired) electrons. The van der Waals surface area contributed by atoms with Crippen molar-refractivity contribution >= 4 is 50.0 Å². The molecule has 0 aliphatic carbocycles. The second-order valence-electron chi connectivity index (χ2n) is 5.64. The van der Waals surface area contributed by atoms with Gasteiger partial charge in [-0.2, -0.15) is 23.1 Å². The maximum absolute atomic E-state index is 12.5. The number of hydrogen-bond donors (Lipinski definition) is 3. The Bertz CT molecular complexity index is 1080. The Balaban J connectivity index is 1.66. The molecule has 0 spiro atoms. The van der Waals surface area contributed by atoms with Gasteiger partial charge >= 0.3 is 6.18 Å². The number of H-pyrrole nitrogens is 1. The second-order valence-corrected chi connectivity index (χ2v) is 6.88. The van der Waals surface area contributed by atoms with Gasteiger partial charge in [0.2, 0.25) is 5.95 Å². The van der Waals surface area contributed by atoms with Gasteiger partial charge in [-0.25, -0.2) is 4.98 Å². The van der Waals surface area contributed by atoms with Crippen LogP contribution in [0.15, 0.2) is 30.5 Å². The molecular formula is C16H13F3N6S. The van der Waals surface area contributed by atoms with Gasteiger partial charge in [0.25, 0.3) is 0 Å². The molecule has 4 aromatic rings. The van der Waals surface area contributed by atoms with E-state index < -0.39 is 12.7 Å². The quantitative estimate of drug-likeness (QED) is 0.484. The second kappa shape index (κ2) is 6.13. The summed E-state index contributed by atoms with van der Waals surface area (Å²) in [4.78, 5) is 15.8. The summed E-state index contributed by atoms with van der Waals surface area (Å²) in [6, 6.07) is 7.23. The smallest absolute Gasteiger partial charge is 0.360 e. The number of rotatable bonds is 4. The van der Waals surface area contributed by atoms with Gasteiger partial charge in [0.15, 0.2) is 0 Å². The zero-order valence-electron chi connectivity index (χ0n) is 13.5.